The molecule has 1 rings (SSSR count). The van der Waals surface area contributed by atoms with Crippen molar-refractivity contribution in [3.8, 4) is 5.88 Å². The molecule has 0 spiro atoms. The molecule has 80 valence electrons. The molecule has 0 saturated heterocycles. The highest BCUT2D eigenvalue weighted by atomic mass is 35.5. The van der Waals surface area contributed by atoms with E-state index >= 15 is 0 Å². The minimum atomic E-state index is -0.120. The Morgan fingerprint density at radius 1 is 1.50 bits per heavy atom. The number of rotatable bonds is 3. The molecular formula is C8H12Cl2N2O2. The topological polar surface area (TPSA) is 65.2 Å². The molecule has 0 aliphatic rings. The molecule has 1 aromatic rings. The quantitative estimate of drug-likeness (QED) is 0.801. The van der Waals surface area contributed by atoms with Crippen LogP contribution in [0.1, 0.15) is 10.4 Å². The maximum Gasteiger partial charge on any atom is 0.212 e. The number of hydrogen-bond acceptors (Lipinski definition) is 4. The second-order valence-electron chi connectivity index (χ2n) is 2.22. The zero-order chi connectivity index (χ0) is 8.97. The van der Waals surface area contributed by atoms with Gasteiger partial charge in [-0.05, 0) is 6.07 Å². The average Bonchev–Trinajstić information content (AvgIpc) is 2.17. The van der Waals surface area contributed by atoms with Gasteiger partial charge in [0, 0.05) is 17.8 Å². The highest BCUT2D eigenvalue weighted by Gasteiger charge is 2.02. The van der Waals surface area contributed by atoms with E-state index in [9.17, 15) is 4.79 Å². The number of ether oxygens (including phenoxy) is 1. The van der Waals surface area contributed by atoms with Gasteiger partial charge in [-0.15, -0.1) is 24.8 Å². The number of ketones is 1. The van der Waals surface area contributed by atoms with Gasteiger partial charge in [0.1, 0.15) is 0 Å². The summed E-state index contributed by atoms with van der Waals surface area (Å²) in [5.74, 6) is 0.369. The summed E-state index contributed by atoms with van der Waals surface area (Å²) in [5.41, 5.74) is 5.68. The van der Waals surface area contributed by atoms with Crippen LogP contribution in [-0.4, -0.2) is 24.4 Å². The molecule has 6 heteroatoms. The lowest BCUT2D eigenvalue weighted by Crippen LogP contribution is -2.13. The van der Waals surface area contributed by atoms with E-state index in [2.05, 4.69) is 4.98 Å². The summed E-state index contributed by atoms with van der Waals surface area (Å²) in [4.78, 5) is 14.9. The van der Waals surface area contributed by atoms with Crippen LogP contribution in [0.3, 0.4) is 0 Å². The van der Waals surface area contributed by atoms with Crippen molar-refractivity contribution in [3.05, 3.63) is 23.9 Å². The standard InChI is InChI=1S/C8H10N2O2.2ClH/c1-12-8-3-2-6(5-10-8)7(11)4-9;;/h2-3,5H,4,9H2,1H3;2*1H. The second-order valence-corrected chi connectivity index (χ2v) is 2.22. The fraction of sp³-hybridized carbons (Fsp3) is 0.250. The van der Waals surface area contributed by atoms with Crippen LogP contribution in [0, 0.1) is 0 Å². The van der Waals surface area contributed by atoms with E-state index in [0.717, 1.165) is 0 Å². The Morgan fingerprint density at radius 2 is 2.14 bits per heavy atom. The lowest BCUT2D eigenvalue weighted by atomic mass is 10.2. The Balaban J connectivity index is 0. The fourth-order valence-corrected chi connectivity index (χ4v) is 0.784. The average molecular weight is 239 g/mol. The zero-order valence-corrected chi connectivity index (χ0v) is 9.23. The first-order valence-corrected chi connectivity index (χ1v) is 3.51. The number of carbonyl (C=O) groups excluding carboxylic acids is 1. The zero-order valence-electron chi connectivity index (χ0n) is 7.60. The Bertz CT molecular complexity index is 277. The molecule has 4 nitrogen and oxygen atoms in total. The smallest absolute Gasteiger partial charge is 0.212 e. The summed E-state index contributed by atoms with van der Waals surface area (Å²) in [5, 5.41) is 0. The molecule has 0 atom stereocenters. The number of halogens is 2. The number of carbonyl (C=O) groups is 1. The van der Waals surface area contributed by atoms with Crippen LogP contribution < -0.4 is 10.5 Å². The number of nitrogens with two attached hydrogens (primary N) is 1. The molecule has 0 aliphatic heterocycles. The van der Waals surface area contributed by atoms with Crippen LogP contribution >= 0.6 is 24.8 Å². The van der Waals surface area contributed by atoms with Crippen LogP contribution in [0.5, 0.6) is 5.88 Å². The molecule has 0 aromatic carbocycles. The van der Waals surface area contributed by atoms with Crippen molar-refractivity contribution < 1.29 is 9.53 Å². The number of nitrogens with zero attached hydrogens (tertiary/aromatic N) is 1. The van der Waals surface area contributed by atoms with E-state index in [1.807, 2.05) is 0 Å². The molecule has 0 saturated carbocycles. The van der Waals surface area contributed by atoms with Gasteiger partial charge in [0.15, 0.2) is 5.78 Å². The van der Waals surface area contributed by atoms with Gasteiger partial charge in [0.2, 0.25) is 5.88 Å². The minimum Gasteiger partial charge on any atom is -0.481 e. The van der Waals surface area contributed by atoms with E-state index in [1.165, 1.54) is 13.3 Å². The van der Waals surface area contributed by atoms with Gasteiger partial charge >= 0.3 is 0 Å². The fourth-order valence-electron chi connectivity index (χ4n) is 0.784. The van der Waals surface area contributed by atoms with Gasteiger partial charge in [-0.25, -0.2) is 4.98 Å². The number of pyridine rings is 1. The lowest BCUT2D eigenvalue weighted by Gasteiger charge is -1.99. The first-order chi connectivity index (χ1) is 5.77. The van der Waals surface area contributed by atoms with Gasteiger partial charge in [0.25, 0.3) is 0 Å². The molecule has 0 unspecified atom stereocenters. The van der Waals surface area contributed by atoms with Crippen molar-refractivity contribution in [2.45, 2.75) is 0 Å². The number of aromatic nitrogens is 1. The predicted molar refractivity (Wildman–Crippen MR) is 58.7 cm³/mol. The highest BCUT2D eigenvalue weighted by Crippen LogP contribution is 2.06. The van der Waals surface area contributed by atoms with Crippen molar-refractivity contribution in [1.29, 1.82) is 0 Å². The highest BCUT2D eigenvalue weighted by molar-refractivity contribution is 5.97. The SMILES string of the molecule is COc1ccc(C(=O)CN)cn1.Cl.Cl. The summed E-state index contributed by atoms with van der Waals surface area (Å²) in [6.45, 7) is 0.00795. The van der Waals surface area contributed by atoms with Crippen LogP contribution in [0.15, 0.2) is 18.3 Å². The Morgan fingerprint density at radius 3 is 2.50 bits per heavy atom. The Kier molecular flexibility index (Phi) is 8.43. The van der Waals surface area contributed by atoms with Gasteiger partial charge in [-0.3, -0.25) is 4.79 Å². The normalized spacial score (nSPS) is 8.14. The van der Waals surface area contributed by atoms with Crippen molar-refractivity contribution in [2.75, 3.05) is 13.7 Å². The van der Waals surface area contributed by atoms with Gasteiger partial charge in [0.05, 0.1) is 13.7 Å². The summed E-state index contributed by atoms with van der Waals surface area (Å²) in [7, 11) is 1.52. The molecule has 0 amide bonds. The van der Waals surface area contributed by atoms with Gasteiger partial charge in [-0.1, -0.05) is 0 Å². The molecule has 0 radical (unpaired) electrons. The van der Waals surface area contributed by atoms with E-state index in [4.69, 9.17) is 10.5 Å². The van der Waals surface area contributed by atoms with Gasteiger partial charge < -0.3 is 10.5 Å². The third-order valence-electron chi connectivity index (χ3n) is 1.45. The maximum absolute atomic E-state index is 11.0. The summed E-state index contributed by atoms with van der Waals surface area (Å²) in [6.07, 6.45) is 1.45. The van der Waals surface area contributed by atoms with E-state index in [0.29, 0.717) is 11.4 Å². The van der Waals surface area contributed by atoms with Crippen molar-refractivity contribution in [1.82, 2.24) is 4.98 Å². The van der Waals surface area contributed by atoms with Gasteiger partial charge in [-0.2, -0.15) is 0 Å². The summed E-state index contributed by atoms with van der Waals surface area (Å²) in [6, 6.07) is 3.27. The summed E-state index contributed by atoms with van der Waals surface area (Å²) < 4.78 is 4.83. The van der Waals surface area contributed by atoms with E-state index in [1.54, 1.807) is 12.1 Å². The molecule has 14 heavy (non-hydrogen) atoms. The number of methoxy groups -OCH3 is 1. The minimum absolute atomic E-state index is 0. The summed E-state index contributed by atoms with van der Waals surface area (Å²) >= 11 is 0. The lowest BCUT2D eigenvalue weighted by molar-refractivity contribution is 0.100. The maximum atomic E-state index is 11.0. The molecule has 0 fully saturated rings. The number of hydrogen-bond donors (Lipinski definition) is 1. The Hall–Kier alpha value is -0.840. The van der Waals surface area contributed by atoms with Crippen LogP contribution in [0.2, 0.25) is 0 Å². The van der Waals surface area contributed by atoms with Crippen LogP contribution in [0.25, 0.3) is 0 Å². The molecule has 0 bridgehead atoms. The monoisotopic (exact) mass is 238 g/mol. The van der Waals surface area contributed by atoms with E-state index < -0.39 is 0 Å². The van der Waals surface area contributed by atoms with E-state index in [-0.39, 0.29) is 37.1 Å². The van der Waals surface area contributed by atoms with Crippen LogP contribution in [0.4, 0.5) is 0 Å². The van der Waals surface area contributed by atoms with Crippen molar-refractivity contribution in [2.24, 2.45) is 5.73 Å². The third kappa shape index (κ3) is 3.91. The largest absolute Gasteiger partial charge is 0.481 e. The first-order valence-electron chi connectivity index (χ1n) is 3.51. The predicted octanol–water partition coefficient (Wildman–Crippen LogP) is 1.08. The third-order valence-corrected chi connectivity index (χ3v) is 1.45. The second kappa shape index (κ2) is 7.55. The number of Topliss-reactive ketones (excluding diaryl/α,β-unsaturated/α-hetero) is 1. The Labute approximate surface area is 94.7 Å². The van der Waals surface area contributed by atoms with Crippen LogP contribution in [-0.2, 0) is 0 Å². The molecule has 1 aromatic heterocycles. The molecule has 0 aliphatic carbocycles. The molecule has 1 heterocycles. The molecular weight excluding hydrogens is 227 g/mol. The first kappa shape index (κ1) is 15.6. The molecule has 2 N–H and O–H groups in total. The van der Waals surface area contributed by atoms with Crippen molar-refractivity contribution >= 4 is 30.6 Å². The van der Waals surface area contributed by atoms with Crippen molar-refractivity contribution in [3.63, 3.8) is 0 Å².